The Kier molecular flexibility index (Phi) is 7.88. The van der Waals surface area contributed by atoms with Crippen LogP contribution in [0.4, 0.5) is 0 Å². The molecule has 0 aliphatic carbocycles. The van der Waals surface area contributed by atoms with E-state index in [9.17, 15) is 9.59 Å². The number of carbonyl (C=O) groups excluding carboxylic acids is 2. The molecule has 1 atom stereocenters. The minimum absolute atomic E-state index is 0.293. The van der Waals surface area contributed by atoms with Crippen molar-refractivity contribution in [2.75, 3.05) is 0 Å². The van der Waals surface area contributed by atoms with Crippen molar-refractivity contribution >= 4 is 52.1 Å². The van der Waals surface area contributed by atoms with Crippen LogP contribution in [0.5, 0.6) is 11.5 Å². The van der Waals surface area contributed by atoms with Gasteiger partial charge in [0.2, 0.25) is 0 Å². The molecule has 4 rings (SSSR count). The summed E-state index contributed by atoms with van der Waals surface area (Å²) in [6.07, 6.45) is 0.563. The zero-order valence-electron chi connectivity index (χ0n) is 19.5. The fourth-order valence-electron chi connectivity index (χ4n) is 3.49. The van der Waals surface area contributed by atoms with Gasteiger partial charge in [-0.3, -0.25) is 4.79 Å². The highest BCUT2D eigenvalue weighted by Crippen LogP contribution is 2.29. The van der Waals surface area contributed by atoms with Crippen LogP contribution in [-0.2, 0) is 4.79 Å². The van der Waals surface area contributed by atoms with Crippen molar-refractivity contribution < 1.29 is 19.1 Å². The molecule has 0 saturated carbocycles. The first-order valence-corrected chi connectivity index (χ1v) is 11.8. The number of hydrazone groups is 1. The van der Waals surface area contributed by atoms with Crippen LogP contribution in [0.15, 0.2) is 84.0 Å². The van der Waals surface area contributed by atoms with E-state index in [-0.39, 0.29) is 0 Å². The molecule has 36 heavy (non-hydrogen) atoms. The van der Waals surface area contributed by atoms with Crippen molar-refractivity contribution in [2.24, 2.45) is 5.10 Å². The van der Waals surface area contributed by atoms with Gasteiger partial charge in [-0.25, -0.2) is 10.2 Å². The molecule has 182 valence electrons. The molecule has 0 saturated heterocycles. The standard InChI is InChI=1S/C28H22Cl2N2O4/c1-17-6-5-8-20(14-17)28(34)36-25-12-10-19-7-3-4-9-22(19)23(25)16-31-32-27(33)18(2)35-26-13-11-21(29)15-24(26)30/h3-16,18H,1-2H3,(H,32,33)/b31-16-/t18-/m0/s1. The lowest BCUT2D eigenvalue weighted by molar-refractivity contribution is -0.127. The molecule has 1 N–H and O–H groups in total. The van der Waals surface area contributed by atoms with Crippen LogP contribution in [0.2, 0.25) is 10.0 Å². The lowest BCUT2D eigenvalue weighted by Gasteiger charge is -2.14. The van der Waals surface area contributed by atoms with Gasteiger partial charge in [-0.1, -0.05) is 71.2 Å². The highest BCUT2D eigenvalue weighted by Gasteiger charge is 2.17. The van der Waals surface area contributed by atoms with Crippen molar-refractivity contribution in [3.05, 3.63) is 106 Å². The number of fused-ring (bicyclic) bond motifs is 1. The lowest BCUT2D eigenvalue weighted by Crippen LogP contribution is -2.33. The van der Waals surface area contributed by atoms with Crippen LogP contribution in [0, 0.1) is 6.92 Å². The van der Waals surface area contributed by atoms with Gasteiger partial charge in [0.25, 0.3) is 5.91 Å². The Morgan fingerprint density at radius 3 is 2.50 bits per heavy atom. The van der Waals surface area contributed by atoms with E-state index < -0.39 is 18.0 Å². The second kappa shape index (κ2) is 11.2. The monoisotopic (exact) mass is 520 g/mol. The Balaban J connectivity index is 1.54. The van der Waals surface area contributed by atoms with E-state index in [0.29, 0.717) is 32.7 Å². The van der Waals surface area contributed by atoms with Crippen molar-refractivity contribution in [3.8, 4) is 11.5 Å². The first kappa shape index (κ1) is 25.2. The number of rotatable bonds is 7. The molecule has 0 fully saturated rings. The number of hydrogen-bond acceptors (Lipinski definition) is 5. The zero-order chi connectivity index (χ0) is 25.7. The second-order valence-electron chi connectivity index (χ2n) is 8.03. The third kappa shape index (κ3) is 6.03. The highest BCUT2D eigenvalue weighted by molar-refractivity contribution is 6.35. The number of nitrogens with zero attached hydrogens (tertiary/aromatic N) is 1. The molecule has 0 radical (unpaired) electrons. The summed E-state index contributed by atoms with van der Waals surface area (Å²) in [4.78, 5) is 25.3. The number of benzene rings is 4. The molecular weight excluding hydrogens is 499 g/mol. The van der Waals surface area contributed by atoms with Crippen LogP contribution in [0.25, 0.3) is 10.8 Å². The fourth-order valence-corrected chi connectivity index (χ4v) is 3.95. The largest absolute Gasteiger partial charge is 0.479 e. The van der Waals surface area contributed by atoms with Crippen LogP contribution >= 0.6 is 23.2 Å². The molecule has 6 nitrogen and oxygen atoms in total. The summed E-state index contributed by atoms with van der Waals surface area (Å²) >= 11 is 12.0. The van der Waals surface area contributed by atoms with Crippen molar-refractivity contribution in [1.82, 2.24) is 5.43 Å². The van der Waals surface area contributed by atoms with Crippen molar-refractivity contribution in [3.63, 3.8) is 0 Å². The minimum Gasteiger partial charge on any atom is -0.479 e. The van der Waals surface area contributed by atoms with Gasteiger partial charge >= 0.3 is 5.97 Å². The SMILES string of the molecule is Cc1cccc(C(=O)Oc2ccc3ccccc3c2/C=N\NC(=O)[C@H](C)Oc2ccc(Cl)cc2Cl)c1. The minimum atomic E-state index is -0.882. The van der Waals surface area contributed by atoms with E-state index in [2.05, 4.69) is 10.5 Å². The van der Waals surface area contributed by atoms with Crippen LogP contribution in [-0.4, -0.2) is 24.2 Å². The maximum absolute atomic E-state index is 12.8. The topological polar surface area (TPSA) is 77.0 Å². The second-order valence-corrected chi connectivity index (χ2v) is 8.87. The number of esters is 1. The Labute approximate surface area is 218 Å². The molecule has 0 spiro atoms. The highest BCUT2D eigenvalue weighted by atomic mass is 35.5. The molecule has 4 aromatic carbocycles. The number of hydrogen-bond donors (Lipinski definition) is 1. The predicted octanol–water partition coefficient (Wildman–Crippen LogP) is 6.59. The summed E-state index contributed by atoms with van der Waals surface area (Å²) in [5, 5.41) is 6.58. The van der Waals surface area contributed by atoms with Gasteiger partial charge in [-0.05, 0) is 61.0 Å². The van der Waals surface area contributed by atoms with Gasteiger partial charge in [0.05, 0.1) is 16.8 Å². The van der Waals surface area contributed by atoms with Gasteiger partial charge in [-0.2, -0.15) is 5.10 Å². The third-order valence-corrected chi connectivity index (χ3v) is 5.85. The van der Waals surface area contributed by atoms with Crippen molar-refractivity contribution in [2.45, 2.75) is 20.0 Å². The van der Waals surface area contributed by atoms with E-state index in [1.807, 2.05) is 43.3 Å². The predicted molar refractivity (Wildman–Crippen MR) is 142 cm³/mol. The van der Waals surface area contributed by atoms with E-state index in [0.717, 1.165) is 16.3 Å². The summed E-state index contributed by atoms with van der Waals surface area (Å²) in [5.41, 5.74) is 4.39. The first-order chi connectivity index (χ1) is 17.3. The van der Waals surface area contributed by atoms with Gasteiger partial charge < -0.3 is 9.47 Å². The number of nitrogens with one attached hydrogen (secondary N) is 1. The molecule has 0 bridgehead atoms. The van der Waals surface area contributed by atoms with Crippen LogP contribution in [0.3, 0.4) is 0 Å². The summed E-state index contributed by atoms with van der Waals surface area (Å²) in [6.45, 7) is 3.47. The van der Waals surface area contributed by atoms with E-state index in [4.69, 9.17) is 32.7 Å². The van der Waals surface area contributed by atoms with E-state index in [1.165, 1.54) is 12.3 Å². The molecule has 8 heteroatoms. The molecular formula is C28H22Cl2N2O4. The molecule has 4 aromatic rings. The number of ether oxygens (including phenoxy) is 2. The summed E-state index contributed by atoms with van der Waals surface area (Å²) in [5.74, 6) is -0.340. The fraction of sp³-hybridized carbons (Fsp3) is 0.107. The molecule has 0 unspecified atom stereocenters. The number of aryl methyl sites for hydroxylation is 1. The Hall–Kier alpha value is -3.87. The number of carbonyl (C=O) groups is 2. The zero-order valence-corrected chi connectivity index (χ0v) is 21.0. The molecule has 0 aromatic heterocycles. The van der Waals surface area contributed by atoms with Gasteiger partial charge in [-0.15, -0.1) is 0 Å². The van der Waals surface area contributed by atoms with Crippen LogP contribution < -0.4 is 14.9 Å². The Morgan fingerprint density at radius 1 is 0.944 bits per heavy atom. The maximum atomic E-state index is 12.8. The number of halogens is 2. The molecule has 0 aliphatic heterocycles. The molecule has 0 heterocycles. The average molecular weight is 521 g/mol. The smallest absolute Gasteiger partial charge is 0.343 e. The Morgan fingerprint density at radius 2 is 1.72 bits per heavy atom. The van der Waals surface area contributed by atoms with Gasteiger partial charge in [0.1, 0.15) is 11.5 Å². The van der Waals surface area contributed by atoms with E-state index in [1.54, 1.807) is 43.3 Å². The Bertz CT molecular complexity index is 1470. The average Bonchev–Trinajstić information content (AvgIpc) is 2.86. The summed E-state index contributed by atoms with van der Waals surface area (Å²) < 4.78 is 11.3. The van der Waals surface area contributed by atoms with Gasteiger partial charge in [0, 0.05) is 10.6 Å². The quantitative estimate of drug-likeness (QED) is 0.129. The number of amides is 1. The summed E-state index contributed by atoms with van der Waals surface area (Å²) in [7, 11) is 0. The first-order valence-electron chi connectivity index (χ1n) is 11.1. The van der Waals surface area contributed by atoms with Crippen LogP contribution in [0.1, 0.15) is 28.4 Å². The lowest BCUT2D eigenvalue weighted by atomic mass is 10.0. The van der Waals surface area contributed by atoms with Crippen molar-refractivity contribution in [1.29, 1.82) is 0 Å². The molecule has 0 aliphatic rings. The summed E-state index contributed by atoms with van der Waals surface area (Å²) in [6, 6.07) is 23.0. The normalized spacial score (nSPS) is 11.9. The third-order valence-electron chi connectivity index (χ3n) is 5.32. The van der Waals surface area contributed by atoms with E-state index >= 15 is 0 Å². The van der Waals surface area contributed by atoms with Gasteiger partial charge in [0.15, 0.2) is 6.10 Å². The maximum Gasteiger partial charge on any atom is 0.343 e. The molecule has 1 amide bonds.